The number of sulfonamides is 1. The fraction of sp³-hybridized carbons (Fsp3) is 0.385. The van der Waals surface area contributed by atoms with E-state index in [4.69, 9.17) is 5.73 Å². The highest BCUT2D eigenvalue weighted by Gasteiger charge is 2.17. The lowest BCUT2D eigenvalue weighted by molar-refractivity contribution is 0.581. The van der Waals surface area contributed by atoms with Crippen LogP contribution < -0.4 is 10.5 Å². The minimum Gasteiger partial charge on any atom is -0.352 e. The predicted molar refractivity (Wildman–Crippen MR) is 81.1 cm³/mol. The molecule has 2 aromatic heterocycles. The fourth-order valence-electron chi connectivity index (χ4n) is 1.91. The van der Waals surface area contributed by atoms with Gasteiger partial charge in [-0.25, -0.2) is 13.1 Å². The maximum Gasteiger partial charge on any atom is 0.242 e. The second-order valence-electron chi connectivity index (χ2n) is 4.76. The van der Waals surface area contributed by atoms with Crippen molar-refractivity contribution in [2.75, 3.05) is 0 Å². The molecular formula is C13H19N3O2S2. The maximum absolute atomic E-state index is 12.2. The molecule has 0 saturated heterocycles. The lowest BCUT2D eigenvalue weighted by atomic mass is 10.3. The molecule has 0 aliphatic heterocycles. The van der Waals surface area contributed by atoms with Gasteiger partial charge in [-0.2, -0.15) is 0 Å². The minimum atomic E-state index is -3.49. The zero-order valence-electron chi connectivity index (χ0n) is 11.8. The van der Waals surface area contributed by atoms with Gasteiger partial charge in [-0.15, -0.1) is 11.3 Å². The number of aromatic nitrogens is 1. The number of thiophene rings is 1. The van der Waals surface area contributed by atoms with Crippen LogP contribution in [0.4, 0.5) is 0 Å². The molecule has 2 rings (SSSR count). The summed E-state index contributed by atoms with van der Waals surface area (Å²) >= 11 is 1.61. The molecule has 5 nitrogen and oxygen atoms in total. The van der Waals surface area contributed by atoms with Crippen molar-refractivity contribution >= 4 is 21.4 Å². The van der Waals surface area contributed by atoms with E-state index in [1.54, 1.807) is 35.2 Å². The number of hydrogen-bond acceptors (Lipinski definition) is 4. The zero-order valence-corrected chi connectivity index (χ0v) is 13.4. The summed E-state index contributed by atoms with van der Waals surface area (Å²) in [7, 11) is -1.71. The van der Waals surface area contributed by atoms with Crippen molar-refractivity contribution in [1.29, 1.82) is 0 Å². The molecule has 0 fully saturated rings. The van der Waals surface area contributed by atoms with Crippen LogP contribution >= 0.6 is 11.3 Å². The van der Waals surface area contributed by atoms with E-state index in [1.807, 2.05) is 19.9 Å². The van der Waals surface area contributed by atoms with Crippen molar-refractivity contribution < 1.29 is 8.42 Å². The number of hydrogen-bond donors (Lipinski definition) is 2. The average Bonchev–Trinajstić information content (AvgIpc) is 2.91. The Bertz CT molecular complexity index is 695. The summed E-state index contributed by atoms with van der Waals surface area (Å²) in [6, 6.07) is 3.62. The van der Waals surface area contributed by atoms with Crippen molar-refractivity contribution in [3.8, 4) is 0 Å². The van der Waals surface area contributed by atoms with E-state index in [0.717, 1.165) is 10.6 Å². The normalized spacial score (nSPS) is 12.0. The Labute approximate surface area is 123 Å². The lowest BCUT2D eigenvalue weighted by Crippen LogP contribution is -2.22. The molecule has 0 aliphatic carbocycles. The van der Waals surface area contributed by atoms with Crippen molar-refractivity contribution in [1.82, 2.24) is 9.29 Å². The highest BCUT2D eigenvalue weighted by atomic mass is 32.2. The minimum absolute atomic E-state index is 0.255. The van der Waals surface area contributed by atoms with Gasteiger partial charge in [0.1, 0.15) is 0 Å². The first kappa shape index (κ1) is 15.2. The van der Waals surface area contributed by atoms with E-state index in [9.17, 15) is 8.42 Å². The highest BCUT2D eigenvalue weighted by Crippen LogP contribution is 2.21. The number of nitrogens with two attached hydrogens (primary N) is 1. The van der Waals surface area contributed by atoms with E-state index < -0.39 is 10.0 Å². The summed E-state index contributed by atoms with van der Waals surface area (Å²) < 4.78 is 28.8. The maximum atomic E-state index is 12.2. The zero-order chi connectivity index (χ0) is 14.9. The topological polar surface area (TPSA) is 77.1 Å². The summed E-state index contributed by atoms with van der Waals surface area (Å²) in [5, 5.41) is 0. The van der Waals surface area contributed by atoms with Crippen LogP contribution in [0, 0.1) is 13.8 Å². The quantitative estimate of drug-likeness (QED) is 0.881. The second kappa shape index (κ2) is 5.69. The number of nitrogens with one attached hydrogen (secondary N) is 1. The third-order valence-corrected chi connectivity index (χ3v) is 5.78. The van der Waals surface area contributed by atoms with E-state index in [0.29, 0.717) is 13.1 Å². The molecule has 2 heterocycles. The van der Waals surface area contributed by atoms with Crippen LogP contribution in [0.1, 0.15) is 21.0 Å². The van der Waals surface area contributed by atoms with Crippen LogP contribution in [-0.2, 0) is 30.2 Å². The molecular weight excluding hydrogens is 294 g/mol. The predicted octanol–water partition coefficient (Wildman–Crippen LogP) is 1.64. The molecule has 0 aromatic carbocycles. The Morgan fingerprint density at radius 3 is 2.55 bits per heavy atom. The van der Waals surface area contributed by atoms with E-state index >= 15 is 0 Å². The Hall–Kier alpha value is -1.15. The Kier molecular flexibility index (Phi) is 4.33. The van der Waals surface area contributed by atoms with Crippen LogP contribution in [0.3, 0.4) is 0 Å². The van der Waals surface area contributed by atoms with Gasteiger partial charge in [0.05, 0.1) is 4.90 Å². The van der Waals surface area contributed by atoms with Crippen molar-refractivity contribution in [2.45, 2.75) is 31.8 Å². The Morgan fingerprint density at radius 1 is 1.35 bits per heavy atom. The summed E-state index contributed by atoms with van der Waals surface area (Å²) in [4.78, 5) is 2.48. The monoisotopic (exact) mass is 313 g/mol. The van der Waals surface area contributed by atoms with Gasteiger partial charge in [0.25, 0.3) is 0 Å². The largest absolute Gasteiger partial charge is 0.352 e. The van der Waals surface area contributed by atoms with E-state index in [-0.39, 0.29) is 4.90 Å². The molecule has 0 amide bonds. The molecule has 0 spiro atoms. The third kappa shape index (κ3) is 3.12. The van der Waals surface area contributed by atoms with Crippen LogP contribution in [-0.4, -0.2) is 13.0 Å². The van der Waals surface area contributed by atoms with Gasteiger partial charge in [-0.1, -0.05) is 0 Å². The van der Waals surface area contributed by atoms with Gasteiger partial charge in [0, 0.05) is 41.8 Å². The SMILES string of the molecule is Cc1cc(CNS(=O)(=O)c2cc(CN)n(C)c2)sc1C. The highest BCUT2D eigenvalue weighted by molar-refractivity contribution is 7.89. The van der Waals surface area contributed by atoms with Gasteiger partial charge in [0.15, 0.2) is 0 Å². The molecule has 0 aliphatic rings. The second-order valence-corrected chi connectivity index (χ2v) is 7.87. The van der Waals surface area contributed by atoms with Gasteiger partial charge < -0.3 is 10.3 Å². The summed E-state index contributed by atoms with van der Waals surface area (Å²) in [5.74, 6) is 0. The molecule has 20 heavy (non-hydrogen) atoms. The van der Waals surface area contributed by atoms with Crippen LogP contribution in [0.25, 0.3) is 0 Å². The van der Waals surface area contributed by atoms with E-state index in [2.05, 4.69) is 4.72 Å². The van der Waals surface area contributed by atoms with Crippen molar-refractivity contribution in [3.63, 3.8) is 0 Å². The summed E-state index contributed by atoms with van der Waals surface area (Å²) in [6.07, 6.45) is 1.58. The number of rotatable bonds is 5. The third-order valence-electron chi connectivity index (χ3n) is 3.26. The smallest absolute Gasteiger partial charge is 0.242 e. The van der Waals surface area contributed by atoms with Crippen LogP contribution in [0.2, 0.25) is 0 Å². The fourth-order valence-corrected chi connectivity index (χ4v) is 4.10. The van der Waals surface area contributed by atoms with Gasteiger partial charge in [0.2, 0.25) is 10.0 Å². The standard InChI is InChI=1S/C13H19N3O2S2/c1-9-4-12(19-10(9)2)7-15-20(17,18)13-5-11(6-14)16(3)8-13/h4-5,8,15H,6-7,14H2,1-3H3. The average molecular weight is 313 g/mol. The molecule has 0 radical (unpaired) electrons. The van der Waals surface area contributed by atoms with Crippen LogP contribution in [0.5, 0.6) is 0 Å². The van der Waals surface area contributed by atoms with Gasteiger partial charge in [-0.05, 0) is 31.5 Å². The van der Waals surface area contributed by atoms with Gasteiger partial charge in [-0.3, -0.25) is 0 Å². The molecule has 7 heteroatoms. The molecule has 0 saturated carbocycles. The Balaban J connectivity index is 2.14. The first-order valence-electron chi connectivity index (χ1n) is 6.24. The van der Waals surface area contributed by atoms with Crippen LogP contribution in [0.15, 0.2) is 23.2 Å². The first-order valence-corrected chi connectivity index (χ1v) is 8.54. The molecule has 3 N–H and O–H groups in total. The molecule has 110 valence electrons. The molecule has 0 atom stereocenters. The lowest BCUT2D eigenvalue weighted by Gasteiger charge is -2.02. The summed E-state index contributed by atoms with van der Waals surface area (Å²) in [6.45, 7) is 4.68. The number of aryl methyl sites for hydroxylation is 3. The van der Waals surface area contributed by atoms with E-state index in [1.165, 1.54) is 10.4 Å². The van der Waals surface area contributed by atoms with Crippen molar-refractivity contribution in [2.24, 2.45) is 12.8 Å². The first-order chi connectivity index (χ1) is 9.33. The Morgan fingerprint density at radius 2 is 2.05 bits per heavy atom. The molecule has 0 unspecified atom stereocenters. The molecule has 0 bridgehead atoms. The number of nitrogens with zero attached hydrogens (tertiary/aromatic N) is 1. The van der Waals surface area contributed by atoms with Crippen molar-refractivity contribution in [3.05, 3.63) is 39.3 Å². The molecule has 2 aromatic rings. The van der Waals surface area contributed by atoms with Gasteiger partial charge >= 0.3 is 0 Å². The summed E-state index contributed by atoms with van der Waals surface area (Å²) in [5.41, 5.74) is 7.53.